The molecule has 0 radical (unpaired) electrons. The second-order valence-corrected chi connectivity index (χ2v) is 7.13. The largest absolute Gasteiger partial charge is 0.471 e. The fourth-order valence-electron chi connectivity index (χ4n) is 3.10. The van der Waals surface area contributed by atoms with E-state index in [-0.39, 0.29) is 18.7 Å². The summed E-state index contributed by atoms with van der Waals surface area (Å²) in [5.74, 6) is 0.634. The molecule has 3 aromatic rings. The van der Waals surface area contributed by atoms with E-state index in [2.05, 4.69) is 61.5 Å². The van der Waals surface area contributed by atoms with Crippen LogP contribution in [-0.4, -0.2) is 15.7 Å². The number of aromatic nitrogens is 2. The summed E-state index contributed by atoms with van der Waals surface area (Å²) in [4.78, 5) is 12.6. The van der Waals surface area contributed by atoms with Gasteiger partial charge < -0.3 is 10.1 Å². The highest BCUT2D eigenvalue weighted by molar-refractivity contribution is 5.92. The molecule has 0 bridgehead atoms. The first-order chi connectivity index (χ1) is 13.5. The van der Waals surface area contributed by atoms with Crippen molar-refractivity contribution in [1.29, 1.82) is 0 Å². The first-order valence-electron chi connectivity index (χ1n) is 9.57. The van der Waals surface area contributed by atoms with Gasteiger partial charge in [0, 0.05) is 6.20 Å². The third-order valence-corrected chi connectivity index (χ3v) is 4.75. The van der Waals surface area contributed by atoms with Gasteiger partial charge >= 0.3 is 0 Å². The van der Waals surface area contributed by atoms with Crippen LogP contribution in [-0.2, 0) is 6.73 Å². The van der Waals surface area contributed by atoms with Crippen LogP contribution in [0, 0.1) is 20.8 Å². The van der Waals surface area contributed by atoms with Gasteiger partial charge in [-0.1, -0.05) is 54.4 Å². The van der Waals surface area contributed by atoms with Gasteiger partial charge in [-0.3, -0.25) is 4.79 Å². The standard InChI is InChI=1S/C23H27N3O2/c1-5-20(19-9-6-16(2)7-10-19)24-23(27)21-12-13-26(25-21)15-28-22-11-8-17(3)14-18(22)4/h6-14,20H,5,15H2,1-4H3,(H,24,27). The molecule has 146 valence electrons. The monoisotopic (exact) mass is 377 g/mol. The van der Waals surface area contributed by atoms with E-state index in [1.165, 1.54) is 11.1 Å². The maximum absolute atomic E-state index is 12.6. The number of hydrogen-bond acceptors (Lipinski definition) is 3. The molecule has 1 unspecified atom stereocenters. The number of ether oxygens (including phenoxy) is 1. The number of carbonyl (C=O) groups is 1. The lowest BCUT2D eigenvalue weighted by atomic mass is 10.0. The van der Waals surface area contributed by atoms with Crippen molar-refractivity contribution in [2.24, 2.45) is 0 Å². The Morgan fingerprint density at radius 2 is 1.79 bits per heavy atom. The van der Waals surface area contributed by atoms with Crippen molar-refractivity contribution in [3.63, 3.8) is 0 Å². The van der Waals surface area contributed by atoms with Crippen LogP contribution in [0.15, 0.2) is 54.7 Å². The molecule has 2 aromatic carbocycles. The Bertz CT molecular complexity index is 945. The highest BCUT2D eigenvalue weighted by Crippen LogP contribution is 2.20. The molecule has 28 heavy (non-hydrogen) atoms. The summed E-state index contributed by atoms with van der Waals surface area (Å²) in [6.45, 7) is 8.43. The number of amides is 1. The Morgan fingerprint density at radius 1 is 1.07 bits per heavy atom. The van der Waals surface area contributed by atoms with Gasteiger partial charge in [0.05, 0.1) is 6.04 Å². The van der Waals surface area contributed by atoms with Crippen LogP contribution in [0.1, 0.15) is 52.1 Å². The van der Waals surface area contributed by atoms with E-state index in [0.717, 1.165) is 23.3 Å². The van der Waals surface area contributed by atoms with Crippen LogP contribution >= 0.6 is 0 Å². The van der Waals surface area contributed by atoms with Crippen LogP contribution in [0.4, 0.5) is 0 Å². The van der Waals surface area contributed by atoms with Crippen molar-refractivity contribution in [1.82, 2.24) is 15.1 Å². The molecule has 5 nitrogen and oxygen atoms in total. The van der Waals surface area contributed by atoms with Crippen LogP contribution in [0.3, 0.4) is 0 Å². The van der Waals surface area contributed by atoms with Crippen LogP contribution in [0.25, 0.3) is 0 Å². The molecule has 0 aliphatic heterocycles. The normalized spacial score (nSPS) is 11.9. The molecule has 0 aliphatic carbocycles. The summed E-state index contributed by atoms with van der Waals surface area (Å²) in [5, 5.41) is 7.41. The average molecular weight is 377 g/mol. The van der Waals surface area contributed by atoms with Gasteiger partial charge in [-0.25, -0.2) is 4.68 Å². The molecule has 1 N–H and O–H groups in total. The molecule has 0 saturated heterocycles. The third kappa shape index (κ3) is 4.80. The predicted molar refractivity (Wildman–Crippen MR) is 110 cm³/mol. The van der Waals surface area contributed by atoms with Gasteiger partial charge in [-0.2, -0.15) is 5.10 Å². The number of carbonyl (C=O) groups excluding carboxylic acids is 1. The van der Waals surface area contributed by atoms with E-state index >= 15 is 0 Å². The van der Waals surface area contributed by atoms with Gasteiger partial charge in [0.2, 0.25) is 0 Å². The summed E-state index contributed by atoms with van der Waals surface area (Å²) in [6.07, 6.45) is 2.57. The van der Waals surface area contributed by atoms with Gasteiger partial charge in [-0.05, 0) is 50.5 Å². The number of hydrogen-bond donors (Lipinski definition) is 1. The zero-order valence-corrected chi connectivity index (χ0v) is 16.9. The summed E-state index contributed by atoms with van der Waals surface area (Å²) >= 11 is 0. The molecule has 1 aromatic heterocycles. The molecule has 3 rings (SSSR count). The molecular formula is C23H27N3O2. The number of nitrogens with zero attached hydrogens (tertiary/aromatic N) is 2. The van der Waals surface area contributed by atoms with E-state index in [9.17, 15) is 4.79 Å². The van der Waals surface area contributed by atoms with E-state index in [4.69, 9.17) is 4.74 Å². The molecule has 0 spiro atoms. The first kappa shape index (κ1) is 19.7. The zero-order chi connectivity index (χ0) is 20.1. The van der Waals surface area contributed by atoms with E-state index in [1.54, 1.807) is 16.9 Å². The SMILES string of the molecule is CCC(NC(=O)c1ccn(COc2ccc(C)cc2C)n1)c1ccc(C)cc1. The third-order valence-electron chi connectivity index (χ3n) is 4.75. The Kier molecular flexibility index (Phi) is 6.14. The summed E-state index contributed by atoms with van der Waals surface area (Å²) in [7, 11) is 0. The quantitative estimate of drug-likeness (QED) is 0.648. The van der Waals surface area contributed by atoms with Crippen LogP contribution in [0.5, 0.6) is 5.75 Å². The smallest absolute Gasteiger partial charge is 0.272 e. The number of aryl methyl sites for hydroxylation is 3. The lowest BCUT2D eigenvalue weighted by Gasteiger charge is -2.17. The fourth-order valence-corrected chi connectivity index (χ4v) is 3.10. The number of rotatable bonds is 7. The molecule has 1 amide bonds. The highest BCUT2D eigenvalue weighted by Gasteiger charge is 2.16. The molecule has 1 atom stereocenters. The molecular weight excluding hydrogens is 350 g/mol. The second kappa shape index (κ2) is 8.74. The molecule has 0 aliphatic rings. The Labute approximate surface area is 166 Å². The maximum Gasteiger partial charge on any atom is 0.272 e. The topological polar surface area (TPSA) is 56.2 Å². The van der Waals surface area contributed by atoms with E-state index in [1.807, 2.05) is 19.1 Å². The Balaban J connectivity index is 1.62. The van der Waals surface area contributed by atoms with Crippen molar-refractivity contribution in [2.45, 2.75) is 46.9 Å². The van der Waals surface area contributed by atoms with Crippen molar-refractivity contribution < 1.29 is 9.53 Å². The van der Waals surface area contributed by atoms with E-state index < -0.39 is 0 Å². The van der Waals surface area contributed by atoms with Gasteiger partial charge in [0.1, 0.15) is 11.4 Å². The molecule has 0 fully saturated rings. The zero-order valence-electron chi connectivity index (χ0n) is 16.9. The van der Waals surface area contributed by atoms with E-state index in [0.29, 0.717) is 5.69 Å². The second-order valence-electron chi connectivity index (χ2n) is 7.13. The minimum atomic E-state index is -0.183. The lowest BCUT2D eigenvalue weighted by molar-refractivity contribution is 0.0928. The van der Waals surface area contributed by atoms with Gasteiger partial charge in [-0.15, -0.1) is 0 Å². The summed E-state index contributed by atoms with van der Waals surface area (Å²) in [5.41, 5.74) is 4.96. The van der Waals surface area contributed by atoms with Gasteiger partial charge in [0.15, 0.2) is 6.73 Å². The van der Waals surface area contributed by atoms with Crippen LogP contribution < -0.4 is 10.1 Å². The number of benzene rings is 2. The fraction of sp³-hybridized carbons (Fsp3) is 0.304. The summed E-state index contributed by atoms with van der Waals surface area (Å²) < 4.78 is 7.45. The lowest BCUT2D eigenvalue weighted by Crippen LogP contribution is -2.28. The predicted octanol–water partition coefficient (Wildman–Crippen LogP) is 4.73. The van der Waals surface area contributed by atoms with Crippen molar-refractivity contribution in [3.05, 3.63) is 82.7 Å². The molecule has 0 saturated carbocycles. The van der Waals surface area contributed by atoms with Crippen molar-refractivity contribution in [3.8, 4) is 5.75 Å². The van der Waals surface area contributed by atoms with Crippen molar-refractivity contribution in [2.75, 3.05) is 0 Å². The number of nitrogens with one attached hydrogen (secondary N) is 1. The highest BCUT2D eigenvalue weighted by atomic mass is 16.5. The van der Waals surface area contributed by atoms with Crippen LogP contribution in [0.2, 0.25) is 0 Å². The minimum Gasteiger partial charge on any atom is -0.471 e. The summed E-state index contributed by atoms with van der Waals surface area (Å²) in [6, 6.07) is 15.9. The Hall–Kier alpha value is -3.08. The van der Waals surface area contributed by atoms with Crippen molar-refractivity contribution >= 4 is 5.91 Å². The minimum absolute atomic E-state index is 0.0373. The average Bonchev–Trinajstić information content (AvgIpc) is 3.15. The maximum atomic E-state index is 12.6. The first-order valence-corrected chi connectivity index (χ1v) is 9.57. The molecule has 1 heterocycles. The Morgan fingerprint density at radius 3 is 2.46 bits per heavy atom. The molecule has 5 heteroatoms. The van der Waals surface area contributed by atoms with Gasteiger partial charge in [0.25, 0.3) is 5.91 Å².